The summed E-state index contributed by atoms with van der Waals surface area (Å²) in [5.74, 6) is -2.09. The highest BCUT2D eigenvalue weighted by molar-refractivity contribution is 6.36. The smallest absolute Gasteiger partial charge is 0.186 e. The Kier molecular flexibility index (Phi) is 6.12. The number of ketones is 3. The van der Waals surface area contributed by atoms with E-state index in [1.54, 1.807) is 89.8 Å². The van der Waals surface area contributed by atoms with Crippen molar-refractivity contribution in [3.63, 3.8) is 0 Å². The van der Waals surface area contributed by atoms with E-state index in [4.69, 9.17) is 27.9 Å². The van der Waals surface area contributed by atoms with Crippen LogP contribution in [0.15, 0.2) is 91.0 Å². The number of Topliss-reactive ketones (excluding diaryl/α,β-unsaturated/α-hetero) is 3. The summed E-state index contributed by atoms with van der Waals surface area (Å²) in [6.45, 7) is 0. The SMILES string of the molecule is COc1cccc(C(=O)[C@H]2[C@@H](c3ccc(Cl)cc3Cl)C3(C(=O)c4ccccc4C3=O)[C@H]3C=Cc4cc(F)ccc4N23)c1. The van der Waals surface area contributed by atoms with Gasteiger partial charge in [0.2, 0.25) is 0 Å². The van der Waals surface area contributed by atoms with Gasteiger partial charge in [-0.15, -0.1) is 0 Å². The molecule has 1 spiro atoms. The lowest BCUT2D eigenvalue weighted by Gasteiger charge is -2.37. The van der Waals surface area contributed by atoms with E-state index in [9.17, 15) is 18.8 Å². The van der Waals surface area contributed by atoms with Gasteiger partial charge in [0.15, 0.2) is 17.3 Å². The number of methoxy groups -OCH3 is 1. The van der Waals surface area contributed by atoms with Crippen molar-refractivity contribution in [3.8, 4) is 5.75 Å². The fraction of sp³-hybridized carbons (Fsp3) is 0.147. The normalized spacial score (nSPS) is 21.3. The highest BCUT2D eigenvalue weighted by atomic mass is 35.5. The molecule has 5 nitrogen and oxygen atoms in total. The average Bonchev–Trinajstić information content (AvgIpc) is 3.42. The maximum absolute atomic E-state index is 14.7. The molecule has 0 aromatic heterocycles. The first kappa shape index (κ1) is 26.6. The van der Waals surface area contributed by atoms with Crippen molar-refractivity contribution in [2.45, 2.75) is 18.0 Å². The van der Waals surface area contributed by atoms with Gasteiger partial charge in [0.1, 0.15) is 23.0 Å². The first-order chi connectivity index (χ1) is 20.3. The minimum absolute atomic E-state index is 0.232. The number of carbonyl (C=O) groups is 3. The summed E-state index contributed by atoms with van der Waals surface area (Å²) < 4.78 is 19.8. The molecular weight excluding hydrogens is 576 g/mol. The van der Waals surface area contributed by atoms with Gasteiger partial charge in [-0.2, -0.15) is 0 Å². The van der Waals surface area contributed by atoms with Crippen LogP contribution < -0.4 is 9.64 Å². The molecule has 42 heavy (non-hydrogen) atoms. The Bertz CT molecular complexity index is 1830. The molecule has 2 aliphatic heterocycles. The summed E-state index contributed by atoms with van der Waals surface area (Å²) in [6.07, 6.45) is 3.45. The van der Waals surface area contributed by atoms with Crippen molar-refractivity contribution in [2.24, 2.45) is 5.41 Å². The van der Waals surface area contributed by atoms with Crippen LogP contribution in [0.3, 0.4) is 0 Å². The van der Waals surface area contributed by atoms with Crippen LogP contribution in [0.25, 0.3) is 6.08 Å². The highest BCUT2D eigenvalue weighted by Crippen LogP contribution is 2.61. The van der Waals surface area contributed by atoms with Gasteiger partial charge >= 0.3 is 0 Å². The number of halogens is 3. The van der Waals surface area contributed by atoms with E-state index in [1.807, 2.05) is 0 Å². The third kappa shape index (κ3) is 3.58. The largest absolute Gasteiger partial charge is 0.497 e. The lowest BCUT2D eigenvalue weighted by molar-refractivity contribution is 0.0666. The number of carbonyl (C=O) groups excluding carboxylic acids is 3. The van der Waals surface area contributed by atoms with Crippen LogP contribution in [0.2, 0.25) is 10.0 Å². The minimum Gasteiger partial charge on any atom is -0.497 e. The van der Waals surface area contributed by atoms with Crippen LogP contribution in [0.4, 0.5) is 10.1 Å². The first-order valence-electron chi connectivity index (χ1n) is 13.3. The quantitative estimate of drug-likeness (QED) is 0.180. The summed E-state index contributed by atoms with van der Waals surface area (Å²) in [5, 5.41) is 0.604. The van der Waals surface area contributed by atoms with E-state index in [0.29, 0.717) is 44.3 Å². The Morgan fingerprint density at radius 1 is 0.905 bits per heavy atom. The molecule has 7 rings (SSSR count). The number of hydrogen-bond acceptors (Lipinski definition) is 5. The monoisotopic (exact) mass is 597 g/mol. The Balaban J connectivity index is 1.56. The van der Waals surface area contributed by atoms with Crippen molar-refractivity contribution in [1.82, 2.24) is 0 Å². The molecule has 4 aromatic carbocycles. The zero-order valence-electron chi connectivity index (χ0n) is 22.2. The van der Waals surface area contributed by atoms with E-state index in [-0.39, 0.29) is 22.4 Å². The van der Waals surface area contributed by atoms with Gasteiger partial charge in [0.05, 0.1) is 13.2 Å². The Hall–Kier alpha value is -4.26. The van der Waals surface area contributed by atoms with Crippen molar-refractivity contribution in [2.75, 3.05) is 12.0 Å². The summed E-state index contributed by atoms with van der Waals surface area (Å²) in [4.78, 5) is 45.9. The molecule has 3 aliphatic rings. The van der Waals surface area contributed by atoms with Crippen LogP contribution in [0.5, 0.6) is 5.75 Å². The molecule has 3 atom stereocenters. The van der Waals surface area contributed by atoms with E-state index in [0.717, 1.165) is 0 Å². The van der Waals surface area contributed by atoms with Crippen LogP contribution in [-0.2, 0) is 0 Å². The topological polar surface area (TPSA) is 63.7 Å². The summed E-state index contributed by atoms with van der Waals surface area (Å²) >= 11 is 13.1. The van der Waals surface area contributed by atoms with Crippen LogP contribution >= 0.6 is 23.2 Å². The number of fused-ring (bicyclic) bond motifs is 5. The summed E-state index contributed by atoms with van der Waals surface area (Å²) in [6, 6.07) is 20.6. The molecule has 1 saturated heterocycles. The van der Waals surface area contributed by atoms with E-state index in [2.05, 4.69) is 0 Å². The molecule has 4 aromatic rings. The Morgan fingerprint density at radius 2 is 1.64 bits per heavy atom. The first-order valence-corrected chi connectivity index (χ1v) is 14.1. The van der Waals surface area contributed by atoms with Crippen LogP contribution in [-0.4, -0.2) is 36.5 Å². The van der Waals surface area contributed by atoms with Gasteiger partial charge < -0.3 is 9.64 Å². The number of ether oxygens (including phenoxy) is 1. The number of anilines is 1. The van der Waals surface area contributed by atoms with E-state index in [1.165, 1.54) is 19.2 Å². The predicted molar refractivity (Wildman–Crippen MR) is 160 cm³/mol. The number of benzene rings is 4. The molecule has 208 valence electrons. The lowest BCUT2D eigenvalue weighted by Crippen LogP contribution is -2.48. The fourth-order valence-electron chi connectivity index (χ4n) is 6.99. The fourth-order valence-corrected chi connectivity index (χ4v) is 7.52. The summed E-state index contributed by atoms with van der Waals surface area (Å²) in [5.41, 5.74) is 0.706. The molecule has 2 heterocycles. The predicted octanol–water partition coefficient (Wildman–Crippen LogP) is 7.46. The minimum atomic E-state index is -1.73. The van der Waals surface area contributed by atoms with Gasteiger partial charge in [-0.1, -0.05) is 77.8 Å². The van der Waals surface area contributed by atoms with Gasteiger partial charge in [-0.25, -0.2) is 4.39 Å². The molecule has 1 aliphatic carbocycles. The second-order valence-electron chi connectivity index (χ2n) is 10.7. The molecule has 8 heteroatoms. The third-order valence-corrected chi connectivity index (χ3v) is 9.25. The molecule has 0 unspecified atom stereocenters. The van der Waals surface area contributed by atoms with Crippen molar-refractivity contribution in [1.29, 1.82) is 0 Å². The molecule has 0 N–H and O–H groups in total. The van der Waals surface area contributed by atoms with Crippen LogP contribution in [0.1, 0.15) is 48.1 Å². The Morgan fingerprint density at radius 3 is 2.33 bits per heavy atom. The average molecular weight is 598 g/mol. The molecule has 0 bridgehead atoms. The second-order valence-corrected chi connectivity index (χ2v) is 11.5. The number of hydrogen-bond donors (Lipinski definition) is 0. The van der Waals surface area contributed by atoms with Crippen molar-refractivity contribution >= 4 is 52.3 Å². The maximum atomic E-state index is 14.7. The Labute approximate surface area is 251 Å². The zero-order chi connectivity index (χ0) is 29.3. The molecular formula is C34H22Cl2FNO4. The van der Waals surface area contributed by atoms with Gasteiger partial charge in [0.25, 0.3) is 0 Å². The molecule has 1 fully saturated rings. The van der Waals surface area contributed by atoms with Crippen LogP contribution in [0, 0.1) is 11.2 Å². The zero-order valence-corrected chi connectivity index (χ0v) is 23.7. The summed E-state index contributed by atoms with van der Waals surface area (Å²) in [7, 11) is 1.51. The highest BCUT2D eigenvalue weighted by Gasteiger charge is 2.71. The van der Waals surface area contributed by atoms with E-state index >= 15 is 0 Å². The van der Waals surface area contributed by atoms with Gasteiger partial charge in [-0.05, 0) is 48.0 Å². The second kappa shape index (κ2) is 9.65. The number of nitrogens with zero attached hydrogens (tertiary/aromatic N) is 1. The van der Waals surface area contributed by atoms with E-state index < -0.39 is 29.2 Å². The number of rotatable bonds is 4. The van der Waals surface area contributed by atoms with Gasteiger partial charge in [-0.3, -0.25) is 14.4 Å². The third-order valence-electron chi connectivity index (χ3n) is 8.69. The maximum Gasteiger partial charge on any atom is 0.186 e. The lowest BCUT2D eigenvalue weighted by atomic mass is 9.64. The molecule has 0 saturated carbocycles. The molecule has 0 radical (unpaired) electrons. The standard InChI is InChI=1S/C34H22Cl2FNO4/c1-42-22-6-4-5-19(16-22)31(39)30-29(25-12-10-20(35)17-26(25)36)34(32(40)23-7-2-3-8-24(23)33(34)41)28-14-9-18-15-21(37)11-13-27(18)38(28)30/h2-17,28-30H,1H3/t28-,29-,30-/m1/s1. The molecule has 0 amide bonds. The van der Waals surface area contributed by atoms with Crippen molar-refractivity contribution < 1.29 is 23.5 Å². The van der Waals surface area contributed by atoms with Crippen molar-refractivity contribution in [3.05, 3.63) is 135 Å². The van der Waals surface area contributed by atoms with Gasteiger partial charge in [0, 0.05) is 43.9 Å².